The highest BCUT2D eigenvalue weighted by molar-refractivity contribution is 5.84. The molecule has 5 aliphatic carbocycles. The van der Waals surface area contributed by atoms with E-state index in [2.05, 4.69) is 62.5 Å². The molecule has 0 radical (unpaired) electrons. The summed E-state index contributed by atoms with van der Waals surface area (Å²) in [5.74, 6) is 2.57. The molecule has 3 unspecified atom stereocenters. The molecule has 0 aromatic rings. The van der Waals surface area contributed by atoms with Crippen molar-refractivity contribution in [2.75, 3.05) is 0 Å². The van der Waals surface area contributed by atoms with Crippen molar-refractivity contribution in [3.05, 3.63) is 59.8 Å². The Kier molecular flexibility index (Phi) is 3.90. The van der Waals surface area contributed by atoms with Crippen molar-refractivity contribution in [3.63, 3.8) is 0 Å². The summed E-state index contributed by atoms with van der Waals surface area (Å²) in [5.41, 5.74) is 8.08. The van der Waals surface area contributed by atoms with Crippen LogP contribution in [-0.2, 0) is 0 Å². The number of aromatic nitrogens is 1. The summed E-state index contributed by atoms with van der Waals surface area (Å²) in [7, 11) is 0. The minimum Gasteiger partial charge on any atom is -0.256 e. The highest BCUT2D eigenvalue weighted by Crippen LogP contribution is 2.66. The lowest BCUT2D eigenvalue weighted by molar-refractivity contribution is -0.00978. The van der Waals surface area contributed by atoms with E-state index in [-0.39, 0.29) is 0 Å². The van der Waals surface area contributed by atoms with Crippen LogP contribution in [0.2, 0.25) is 0 Å². The third-order valence-corrected chi connectivity index (χ3v) is 9.53. The topological polar surface area (TPSA) is 12.9 Å². The molecule has 150 valence electrons. The predicted octanol–water partition coefficient (Wildman–Crippen LogP) is 7.53. The molecule has 0 aromatic carbocycles. The zero-order chi connectivity index (χ0) is 19.6. The molecule has 6 rings (SSSR count). The summed E-state index contributed by atoms with van der Waals surface area (Å²) < 4.78 is 0. The lowest BCUT2D eigenvalue weighted by Crippen LogP contribution is -2.48. The first-order chi connectivity index (χ1) is 14.1. The molecule has 2 saturated carbocycles. The fourth-order valence-electron chi connectivity index (χ4n) is 7.98. The van der Waals surface area contributed by atoms with Gasteiger partial charge in [0.15, 0.2) is 0 Å². The quantitative estimate of drug-likeness (QED) is 0.464. The van der Waals surface area contributed by atoms with Crippen LogP contribution in [0.1, 0.15) is 70.8 Å². The number of fused-ring (bicyclic) bond motifs is 6. The number of hydrogen-bond acceptors (Lipinski definition) is 1. The molecule has 1 nitrogen and oxygen atoms in total. The van der Waals surface area contributed by atoms with Crippen LogP contribution in [0.5, 0.6) is 0 Å². The zero-order valence-corrected chi connectivity index (χ0v) is 18.0. The Morgan fingerprint density at radius 3 is 2.69 bits per heavy atom. The van der Waals surface area contributed by atoms with Gasteiger partial charge in [-0.3, -0.25) is 4.98 Å². The zero-order valence-electron chi connectivity index (χ0n) is 18.0. The van der Waals surface area contributed by atoms with E-state index in [1.165, 1.54) is 62.5 Å². The van der Waals surface area contributed by atoms with Gasteiger partial charge in [0.1, 0.15) is 0 Å². The van der Waals surface area contributed by atoms with Crippen molar-refractivity contribution in [1.29, 1.82) is 0 Å². The Bertz CT molecular complexity index is 983. The fourth-order valence-corrected chi connectivity index (χ4v) is 7.98. The van der Waals surface area contributed by atoms with Crippen molar-refractivity contribution in [2.45, 2.75) is 65.2 Å². The van der Waals surface area contributed by atoms with Crippen LogP contribution in [0, 0.1) is 28.6 Å². The van der Waals surface area contributed by atoms with Gasteiger partial charge in [-0.25, -0.2) is 0 Å². The normalized spacial score (nSPS) is 38.6. The van der Waals surface area contributed by atoms with E-state index in [1.54, 1.807) is 5.57 Å². The van der Waals surface area contributed by atoms with Crippen LogP contribution >= 0.6 is 0 Å². The first kappa shape index (κ1) is 17.9. The van der Waals surface area contributed by atoms with Gasteiger partial charge in [0.25, 0.3) is 0 Å². The van der Waals surface area contributed by atoms with Crippen molar-refractivity contribution in [2.24, 2.45) is 28.6 Å². The van der Waals surface area contributed by atoms with Crippen molar-refractivity contribution < 1.29 is 0 Å². The van der Waals surface area contributed by atoms with Gasteiger partial charge in [-0.15, -0.1) is 0 Å². The maximum atomic E-state index is 4.77. The Balaban J connectivity index is 1.37. The third-order valence-electron chi connectivity index (χ3n) is 9.53. The summed E-state index contributed by atoms with van der Waals surface area (Å²) in [6.07, 6.45) is 18.4. The van der Waals surface area contributed by atoms with Gasteiger partial charge in [-0.2, -0.15) is 0 Å². The molecule has 0 aromatic heterocycles. The third kappa shape index (κ3) is 2.43. The maximum absolute atomic E-state index is 4.77. The predicted molar refractivity (Wildman–Crippen MR) is 121 cm³/mol. The molecule has 2 fully saturated rings. The lowest BCUT2D eigenvalue weighted by atomic mass is 9.47. The summed E-state index contributed by atoms with van der Waals surface area (Å²) in [4.78, 5) is 4.77. The van der Waals surface area contributed by atoms with Crippen LogP contribution < -0.4 is 0 Å². The summed E-state index contributed by atoms with van der Waals surface area (Å²) in [6.45, 7) is 5.20. The number of hydrogen-bond donors (Lipinski definition) is 0. The molecule has 1 aliphatic heterocycles. The van der Waals surface area contributed by atoms with Gasteiger partial charge in [0.05, 0.1) is 5.69 Å². The van der Waals surface area contributed by atoms with Crippen LogP contribution in [0.15, 0.2) is 54.3 Å². The largest absolute Gasteiger partial charge is 0.256 e. The monoisotopic (exact) mass is 383 g/mol. The van der Waals surface area contributed by atoms with Crippen LogP contribution in [0.4, 0.5) is 0 Å². The Morgan fingerprint density at radius 1 is 0.862 bits per heavy atom. The van der Waals surface area contributed by atoms with Gasteiger partial charge in [-0.05, 0) is 85.2 Å². The Hall–Kier alpha value is -1.89. The molecule has 1 heterocycles. The Labute approximate surface area is 175 Å². The molecular formula is C28H33N. The molecule has 0 amide bonds. The SMILES string of the molecule is C[C@]12CCCCC1=CCC1C2CC[C@]2(C)C(c3cnc4cccccc3-4)=CCC12. The van der Waals surface area contributed by atoms with Gasteiger partial charge in [-0.1, -0.05) is 62.3 Å². The number of rotatable bonds is 1. The standard InChI is InChI=1S/C28H33N/c1-27-16-7-6-8-19(27)11-12-21-23-13-14-24(28(23,2)17-15-25(21)27)22-18-29-26-10-5-3-4-9-20(22)26/h3-5,9-11,14,18,21,23,25H,6-8,12-13,15-17H2,1-2H3/t21?,23?,25?,27-,28-/m0/s1. The number of allylic oxidation sites excluding steroid dienone is 4. The van der Waals surface area contributed by atoms with E-state index in [0.29, 0.717) is 10.8 Å². The maximum Gasteiger partial charge on any atom is 0.0708 e. The first-order valence-corrected chi connectivity index (χ1v) is 11.9. The lowest BCUT2D eigenvalue weighted by Gasteiger charge is -2.57. The molecule has 29 heavy (non-hydrogen) atoms. The second kappa shape index (κ2) is 6.30. The highest BCUT2D eigenvalue weighted by Gasteiger charge is 2.56. The molecule has 0 bridgehead atoms. The van der Waals surface area contributed by atoms with E-state index in [9.17, 15) is 0 Å². The van der Waals surface area contributed by atoms with E-state index in [1.807, 2.05) is 5.57 Å². The first-order valence-electron chi connectivity index (χ1n) is 11.9. The average molecular weight is 384 g/mol. The van der Waals surface area contributed by atoms with Crippen molar-refractivity contribution in [3.8, 4) is 11.3 Å². The molecule has 0 spiro atoms. The van der Waals surface area contributed by atoms with Crippen molar-refractivity contribution in [1.82, 2.24) is 4.98 Å². The summed E-state index contributed by atoms with van der Waals surface area (Å²) >= 11 is 0. The highest BCUT2D eigenvalue weighted by atomic mass is 14.7. The van der Waals surface area contributed by atoms with Gasteiger partial charge in [0, 0.05) is 17.3 Å². The van der Waals surface area contributed by atoms with Crippen LogP contribution in [0.25, 0.3) is 16.8 Å². The fraction of sp³-hybridized carbons (Fsp3) is 0.536. The Morgan fingerprint density at radius 2 is 1.76 bits per heavy atom. The van der Waals surface area contributed by atoms with Gasteiger partial charge in [0.2, 0.25) is 0 Å². The van der Waals surface area contributed by atoms with Gasteiger partial charge >= 0.3 is 0 Å². The van der Waals surface area contributed by atoms with Crippen LogP contribution in [0.3, 0.4) is 0 Å². The minimum atomic E-state index is 0.314. The average Bonchev–Trinajstić information content (AvgIpc) is 3.18. The minimum absolute atomic E-state index is 0.314. The van der Waals surface area contributed by atoms with Crippen LogP contribution in [-0.4, -0.2) is 4.98 Å². The molecule has 0 N–H and O–H groups in total. The second-order valence-electron chi connectivity index (χ2n) is 10.7. The number of nitrogens with zero attached hydrogens (tertiary/aromatic N) is 1. The summed E-state index contributed by atoms with van der Waals surface area (Å²) in [6, 6.07) is 10.8. The van der Waals surface area contributed by atoms with E-state index in [4.69, 9.17) is 4.98 Å². The second-order valence-corrected chi connectivity index (χ2v) is 10.7. The van der Waals surface area contributed by atoms with E-state index < -0.39 is 0 Å². The molecule has 1 heteroatoms. The molecule has 5 atom stereocenters. The smallest absolute Gasteiger partial charge is 0.0708 e. The summed E-state index contributed by atoms with van der Waals surface area (Å²) in [5, 5.41) is 0. The molecular weight excluding hydrogens is 350 g/mol. The van der Waals surface area contributed by atoms with E-state index >= 15 is 0 Å². The molecule has 0 saturated heterocycles. The molecule has 6 aliphatic rings. The van der Waals surface area contributed by atoms with E-state index in [0.717, 1.165) is 23.4 Å². The van der Waals surface area contributed by atoms with Crippen molar-refractivity contribution >= 4 is 5.57 Å². The van der Waals surface area contributed by atoms with Gasteiger partial charge < -0.3 is 0 Å².